The molecule has 0 aliphatic carbocycles. The third kappa shape index (κ3) is 8.36. The van der Waals surface area contributed by atoms with Gasteiger partial charge in [-0.1, -0.05) is 16.5 Å². The zero-order chi connectivity index (χ0) is 32.9. The number of nitrogens with two attached hydrogens (primary N) is 2. The number of aromatic nitrogens is 7. The standard InChI is InChI=1S/C27H35N11O7/c1-27(2,3)45-26(44)36-11-9-35(10-12-36)24(41)20(7-8-22(28)39)37-14-18(31-33-37)16-5-4-6-17(30-16)19-15-38(34-32-19)21(25(42)43)13-23(29)40/h4-6,14-15,20-21H,7-13H2,1-3H3,(H2,28,39)(H2,29,40)(H,42,43)/t20-,21-/m0/s1. The molecule has 3 aromatic rings. The van der Waals surface area contributed by atoms with Crippen molar-refractivity contribution in [1.29, 1.82) is 0 Å². The number of hydrogen-bond acceptors (Lipinski definition) is 11. The molecule has 1 saturated heterocycles. The summed E-state index contributed by atoms with van der Waals surface area (Å²) in [5.74, 6) is -2.99. The molecule has 0 radical (unpaired) electrons. The smallest absolute Gasteiger partial charge is 0.410 e. The molecule has 0 spiro atoms. The molecule has 3 aromatic heterocycles. The van der Waals surface area contributed by atoms with E-state index in [-0.39, 0.29) is 50.6 Å². The lowest BCUT2D eigenvalue weighted by molar-refractivity contribution is -0.143. The highest BCUT2D eigenvalue weighted by Gasteiger charge is 2.32. The van der Waals surface area contributed by atoms with Gasteiger partial charge in [-0.05, 0) is 39.3 Å². The quantitative estimate of drug-likeness (QED) is 0.254. The van der Waals surface area contributed by atoms with Crippen LogP contribution in [0.25, 0.3) is 22.8 Å². The van der Waals surface area contributed by atoms with Crippen molar-refractivity contribution in [2.24, 2.45) is 11.5 Å². The first-order valence-electron chi connectivity index (χ1n) is 14.1. The molecule has 2 atom stereocenters. The third-order valence-corrected chi connectivity index (χ3v) is 6.81. The van der Waals surface area contributed by atoms with Gasteiger partial charge in [-0.25, -0.2) is 23.9 Å². The first kappa shape index (κ1) is 32.5. The highest BCUT2D eigenvalue weighted by molar-refractivity contribution is 5.83. The number of piperazine rings is 1. The fourth-order valence-electron chi connectivity index (χ4n) is 4.59. The molecule has 0 unspecified atom stereocenters. The molecule has 1 fully saturated rings. The predicted molar refractivity (Wildman–Crippen MR) is 155 cm³/mol. The topological polar surface area (TPSA) is 248 Å². The predicted octanol–water partition coefficient (Wildman–Crippen LogP) is -0.0144. The molecule has 4 heterocycles. The number of ether oxygens (including phenoxy) is 1. The van der Waals surface area contributed by atoms with Crippen molar-refractivity contribution in [3.63, 3.8) is 0 Å². The Hall–Kier alpha value is -5.42. The van der Waals surface area contributed by atoms with Crippen molar-refractivity contribution < 1.29 is 33.8 Å². The first-order valence-corrected chi connectivity index (χ1v) is 14.1. The highest BCUT2D eigenvalue weighted by Crippen LogP contribution is 2.24. The van der Waals surface area contributed by atoms with Crippen molar-refractivity contribution >= 4 is 29.8 Å². The van der Waals surface area contributed by atoms with Crippen molar-refractivity contribution in [2.75, 3.05) is 26.2 Å². The number of rotatable bonds is 11. The lowest BCUT2D eigenvalue weighted by Gasteiger charge is -2.36. The number of carbonyl (C=O) groups is 5. The molecule has 45 heavy (non-hydrogen) atoms. The van der Waals surface area contributed by atoms with E-state index in [2.05, 4.69) is 25.6 Å². The van der Waals surface area contributed by atoms with Gasteiger partial charge in [-0.2, -0.15) is 0 Å². The molecule has 1 aliphatic heterocycles. The van der Waals surface area contributed by atoms with E-state index in [0.29, 0.717) is 17.1 Å². The van der Waals surface area contributed by atoms with Crippen LogP contribution in [-0.4, -0.2) is 111 Å². The molecule has 5 N–H and O–H groups in total. The first-order chi connectivity index (χ1) is 21.2. The van der Waals surface area contributed by atoms with E-state index >= 15 is 0 Å². The summed E-state index contributed by atoms with van der Waals surface area (Å²) in [4.78, 5) is 68.2. The van der Waals surface area contributed by atoms with E-state index in [1.807, 2.05) is 0 Å². The second-order valence-corrected chi connectivity index (χ2v) is 11.4. The van der Waals surface area contributed by atoms with Gasteiger partial charge in [-0.15, -0.1) is 10.2 Å². The SMILES string of the molecule is CC(C)(C)OC(=O)N1CCN(C(=O)[C@H](CCC(N)=O)n2cc(-c3cccc(-c4cn([C@@H](CC(N)=O)C(=O)O)nn4)n3)nn2)CC1. The van der Waals surface area contributed by atoms with Gasteiger partial charge in [-0.3, -0.25) is 14.4 Å². The summed E-state index contributed by atoms with van der Waals surface area (Å²) < 4.78 is 7.80. The lowest BCUT2D eigenvalue weighted by Crippen LogP contribution is -2.53. The maximum absolute atomic E-state index is 13.6. The fraction of sp³-hybridized carbons (Fsp3) is 0.481. The second-order valence-electron chi connectivity index (χ2n) is 11.4. The van der Waals surface area contributed by atoms with Crippen LogP contribution in [0.3, 0.4) is 0 Å². The minimum absolute atomic E-state index is 0.0695. The number of pyridine rings is 1. The maximum atomic E-state index is 13.6. The minimum Gasteiger partial charge on any atom is -0.480 e. The number of aliphatic carboxylic acids is 1. The summed E-state index contributed by atoms with van der Waals surface area (Å²) in [5, 5.41) is 25.6. The summed E-state index contributed by atoms with van der Waals surface area (Å²) in [6, 6.07) is 2.73. The van der Waals surface area contributed by atoms with Crippen LogP contribution >= 0.6 is 0 Å². The van der Waals surface area contributed by atoms with Gasteiger partial charge in [0.1, 0.15) is 23.0 Å². The van der Waals surface area contributed by atoms with Crippen LogP contribution in [0, 0.1) is 0 Å². The molecule has 4 amide bonds. The third-order valence-electron chi connectivity index (χ3n) is 6.81. The van der Waals surface area contributed by atoms with Crippen molar-refractivity contribution in [3.8, 4) is 22.8 Å². The van der Waals surface area contributed by atoms with Gasteiger partial charge in [0.2, 0.25) is 17.7 Å². The van der Waals surface area contributed by atoms with Gasteiger partial charge in [0.05, 0.1) is 30.2 Å². The summed E-state index contributed by atoms with van der Waals surface area (Å²) >= 11 is 0. The van der Waals surface area contributed by atoms with Gasteiger partial charge >= 0.3 is 12.1 Å². The summed E-state index contributed by atoms with van der Waals surface area (Å²) in [6.07, 6.45) is 1.95. The van der Waals surface area contributed by atoms with Gasteiger partial charge in [0, 0.05) is 32.6 Å². The van der Waals surface area contributed by atoms with E-state index in [0.717, 1.165) is 4.68 Å². The number of amides is 4. The molecule has 4 rings (SSSR count). The number of carboxylic acids is 1. The van der Waals surface area contributed by atoms with E-state index < -0.39 is 48.0 Å². The Labute approximate surface area is 257 Å². The Morgan fingerprint density at radius 3 is 1.87 bits per heavy atom. The van der Waals surface area contributed by atoms with Crippen LogP contribution < -0.4 is 11.5 Å². The average Bonchev–Trinajstić information content (AvgIpc) is 3.66. The van der Waals surface area contributed by atoms with Crippen LogP contribution in [0.15, 0.2) is 30.6 Å². The molecule has 240 valence electrons. The molecule has 0 bridgehead atoms. The Morgan fingerprint density at radius 1 is 0.844 bits per heavy atom. The van der Waals surface area contributed by atoms with Crippen LogP contribution in [0.4, 0.5) is 4.79 Å². The normalized spacial score (nSPS) is 14.9. The molecule has 18 nitrogen and oxygen atoms in total. The van der Waals surface area contributed by atoms with Crippen LogP contribution in [-0.2, 0) is 23.9 Å². The molecular weight excluding hydrogens is 590 g/mol. The Bertz CT molecular complexity index is 1570. The molecular formula is C27H35N11O7. The van der Waals surface area contributed by atoms with Crippen LogP contribution in [0.2, 0.25) is 0 Å². The minimum atomic E-state index is -1.33. The lowest BCUT2D eigenvalue weighted by atomic mass is 10.1. The second kappa shape index (κ2) is 13.5. The van der Waals surface area contributed by atoms with Gasteiger partial charge in [0.15, 0.2) is 6.04 Å². The zero-order valence-corrected chi connectivity index (χ0v) is 25.1. The van der Waals surface area contributed by atoms with Crippen molar-refractivity contribution in [3.05, 3.63) is 30.6 Å². The molecule has 18 heteroatoms. The Balaban J connectivity index is 1.51. The van der Waals surface area contributed by atoms with E-state index in [9.17, 15) is 29.1 Å². The van der Waals surface area contributed by atoms with Gasteiger partial charge < -0.3 is 31.1 Å². The molecule has 0 aromatic carbocycles. The Kier molecular flexibility index (Phi) is 9.73. The molecule has 0 saturated carbocycles. The van der Waals surface area contributed by atoms with Crippen LogP contribution in [0.5, 0.6) is 0 Å². The highest BCUT2D eigenvalue weighted by atomic mass is 16.6. The van der Waals surface area contributed by atoms with Gasteiger partial charge in [0.25, 0.3) is 0 Å². The van der Waals surface area contributed by atoms with E-state index in [4.69, 9.17) is 16.2 Å². The average molecular weight is 626 g/mol. The number of carboxylic acid groups (broad SMARTS) is 1. The number of nitrogens with zero attached hydrogens (tertiary/aromatic N) is 9. The zero-order valence-electron chi connectivity index (χ0n) is 25.1. The fourth-order valence-corrected chi connectivity index (χ4v) is 4.59. The largest absolute Gasteiger partial charge is 0.480 e. The number of hydrogen-bond donors (Lipinski definition) is 3. The summed E-state index contributed by atoms with van der Waals surface area (Å²) in [7, 11) is 0. The van der Waals surface area contributed by atoms with E-state index in [1.165, 1.54) is 22.0 Å². The van der Waals surface area contributed by atoms with Crippen molar-refractivity contribution in [1.82, 2.24) is 44.8 Å². The Morgan fingerprint density at radius 2 is 1.38 bits per heavy atom. The van der Waals surface area contributed by atoms with E-state index in [1.54, 1.807) is 43.9 Å². The molecule has 1 aliphatic rings. The number of carbonyl (C=O) groups excluding carboxylic acids is 4. The van der Waals surface area contributed by atoms with Crippen molar-refractivity contribution in [2.45, 2.75) is 57.7 Å². The van der Waals surface area contributed by atoms with Crippen LogP contribution in [0.1, 0.15) is 52.1 Å². The summed E-state index contributed by atoms with van der Waals surface area (Å²) in [6.45, 7) is 6.43. The maximum Gasteiger partial charge on any atom is 0.410 e. The monoisotopic (exact) mass is 625 g/mol. The number of primary amides is 2. The summed E-state index contributed by atoms with van der Waals surface area (Å²) in [5.41, 5.74) is 11.2.